The quantitative estimate of drug-likeness (QED) is 0.225. The molecular weight excluding hydrogens is 576 g/mol. The molecule has 4 aromatic carbocycles. The third-order valence-electron chi connectivity index (χ3n) is 6.48. The summed E-state index contributed by atoms with van der Waals surface area (Å²) in [5, 5.41) is 2.80. The van der Waals surface area contributed by atoms with Crippen LogP contribution >= 0.6 is 0 Å². The second-order valence-electron chi connectivity index (χ2n) is 9.62. The highest BCUT2D eigenvalue weighted by atomic mass is 32.2. The summed E-state index contributed by atoms with van der Waals surface area (Å²) >= 11 is 0. The number of amides is 2. The van der Waals surface area contributed by atoms with Gasteiger partial charge in [-0.3, -0.25) is 14.3 Å². The molecule has 2 amide bonds. The van der Waals surface area contributed by atoms with E-state index in [2.05, 4.69) is 10.0 Å². The van der Waals surface area contributed by atoms with Crippen molar-refractivity contribution in [3.05, 3.63) is 126 Å². The van der Waals surface area contributed by atoms with Crippen molar-refractivity contribution >= 4 is 27.5 Å². The summed E-state index contributed by atoms with van der Waals surface area (Å²) in [5.41, 5.74) is 1.67. The van der Waals surface area contributed by atoms with Crippen LogP contribution in [0.25, 0.3) is 0 Å². The molecule has 0 aliphatic carbocycles. The van der Waals surface area contributed by atoms with Crippen LogP contribution in [0.1, 0.15) is 18.1 Å². The molecule has 0 heterocycles. The van der Waals surface area contributed by atoms with Crippen LogP contribution in [-0.2, 0) is 32.6 Å². The van der Waals surface area contributed by atoms with E-state index in [0.717, 1.165) is 17.7 Å². The molecule has 0 saturated carbocycles. The largest absolute Gasteiger partial charge is 0.484 e. The highest BCUT2D eigenvalue weighted by Gasteiger charge is 2.30. The van der Waals surface area contributed by atoms with Gasteiger partial charge in [-0.15, -0.1) is 0 Å². The molecule has 43 heavy (non-hydrogen) atoms. The summed E-state index contributed by atoms with van der Waals surface area (Å²) in [6.07, 6.45) is 0.243. The Morgan fingerprint density at radius 1 is 0.814 bits per heavy atom. The summed E-state index contributed by atoms with van der Waals surface area (Å²) in [6.45, 7) is 1.74. The molecule has 4 rings (SSSR count). The van der Waals surface area contributed by atoms with E-state index in [-0.39, 0.29) is 35.2 Å². The zero-order chi connectivity index (χ0) is 30.8. The lowest BCUT2D eigenvalue weighted by molar-refractivity contribution is -0.142. The van der Waals surface area contributed by atoms with Crippen LogP contribution in [0.5, 0.6) is 5.75 Å². The van der Waals surface area contributed by atoms with E-state index in [0.29, 0.717) is 12.1 Å². The average molecular weight is 608 g/mol. The Kier molecular flexibility index (Phi) is 10.4. The van der Waals surface area contributed by atoms with E-state index in [9.17, 15) is 26.8 Å². The van der Waals surface area contributed by atoms with E-state index in [1.807, 2.05) is 30.3 Å². The van der Waals surface area contributed by atoms with E-state index < -0.39 is 40.2 Å². The SMILES string of the molecule is CCNC(=O)[C@H](Cc1ccccc1)N(Cc1ccc(F)cc1)C(=O)COc1ccc(S(=O)(=O)Nc2ccc(F)cc2)cc1. The lowest BCUT2D eigenvalue weighted by Gasteiger charge is -2.31. The van der Waals surface area contributed by atoms with Crippen molar-refractivity contribution in [1.29, 1.82) is 0 Å². The van der Waals surface area contributed by atoms with Crippen molar-refractivity contribution in [2.45, 2.75) is 30.8 Å². The number of hydrogen-bond donors (Lipinski definition) is 2. The van der Waals surface area contributed by atoms with Gasteiger partial charge in [-0.2, -0.15) is 0 Å². The number of nitrogens with zero attached hydrogens (tertiary/aromatic N) is 1. The van der Waals surface area contributed by atoms with Gasteiger partial charge in [-0.1, -0.05) is 42.5 Å². The van der Waals surface area contributed by atoms with E-state index in [4.69, 9.17) is 4.74 Å². The highest BCUT2D eigenvalue weighted by molar-refractivity contribution is 7.92. The Morgan fingerprint density at radius 3 is 2.02 bits per heavy atom. The lowest BCUT2D eigenvalue weighted by atomic mass is 10.0. The first kappa shape index (κ1) is 31.2. The molecule has 0 unspecified atom stereocenters. The average Bonchev–Trinajstić information content (AvgIpc) is 3.00. The van der Waals surface area contributed by atoms with Crippen LogP contribution < -0.4 is 14.8 Å². The summed E-state index contributed by atoms with van der Waals surface area (Å²) in [5.74, 6) is -1.52. The van der Waals surface area contributed by atoms with Crippen LogP contribution in [-0.4, -0.2) is 44.3 Å². The maximum absolute atomic E-state index is 13.6. The second-order valence-corrected chi connectivity index (χ2v) is 11.3. The van der Waals surface area contributed by atoms with Crippen LogP contribution in [0.15, 0.2) is 108 Å². The summed E-state index contributed by atoms with van der Waals surface area (Å²) in [4.78, 5) is 28.1. The smallest absolute Gasteiger partial charge is 0.261 e. The maximum Gasteiger partial charge on any atom is 0.261 e. The molecule has 0 aliphatic rings. The molecule has 2 N–H and O–H groups in total. The highest BCUT2D eigenvalue weighted by Crippen LogP contribution is 2.21. The zero-order valence-electron chi connectivity index (χ0n) is 23.4. The van der Waals surface area contributed by atoms with Crippen LogP contribution in [0.3, 0.4) is 0 Å². The number of ether oxygens (including phenoxy) is 1. The Morgan fingerprint density at radius 2 is 1.42 bits per heavy atom. The van der Waals surface area contributed by atoms with Crippen molar-refractivity contribution in [3.63, 3.8) is 0 Å². The monoisotopic (exact) mass is 607 g/mol. The van der Waals surface area contributed by atoms with Gasteiger partial charge in [-0.05, 0) is 78.7 Å². The molecule has 0 fully saturated rings. The van der Waals surface area contributed by atoms with Crippen molar-refractivity contribution in [1.82, 2.24) is 10.2 Å². The summed E-state index contributed by atoms with van der Waals surface area (Å²) < 4.78 is 60.2. The van der Waals surface area contributed by atoms with Crippen LogP contribution in [0.4, 0.5) is 14.5 Å². The van der Waals surface area contributed by atoms with E-state index in [1.165, 1.54) is 53.4 Å². The minimum atomic E-state index is -3.96. The number of carbonyl (C=O) groups excluding carboxylic acids is 2. The number of carbonyl (C=O) groups is 2. The fourth-order valence-corrected chi connectivity index (χ4v) is 5.37. The van der Waals surface area contributed by atoms with Gasteiger partial charge in [0, 0.05) is 25.2 Å². The number of rotatable bonds is 13. The molecule has 0 radical (unpaired) electrons. The molecule has 224 valence electrons. The number of benzene rings is 4. The van der Waals surface area contributed by atoms with Crippen molar-refractivity contribution < 1.29 is 31.5 Å². The van der Waals surface area contributed by atoms with Crippen molar-refractivity contribution in [2.75, 3.05) is 17.9 Å². The van der Waals surface area contributed by atoms with Crippen LogP contribution in [0.2, 0.25) is 0 Å². The molecular formula is C32H31F2N3O5S. The Labute approximate surface area is 249 Å². The molecule has 0 bridgehead atoms. The predicted molar refractivity (Wildman–Crippen MR) is 159 cm³/mol. The molecule has 11 heteroatoms. The first-order valence-electron chi connectivity index (χ1n) is 13.5. The fraction of sp³-hybridized carbons (Fsp3) is 0.188. The van der Waals surface area contributed by atoms with Gasteiger partial charge >= 0.3 is 0 Å². The number of hydrogen-bond acceptors (Lipinski definition) is 5. The minimum absolute atomic E-state index is 0.0311. The summed E-state index contributed by atoms with van der Waals surface area (Å²) in [7, 11) is -3.96. The molecule has 0 aliphatic heterocycles. The van der Waals surface area contributed by atoms with Crippen molar-refractivity contribution in [2.24, 2.45) is 0 Å². The fourth-order valence-electron chi connectivity index (χ4n) is 4.31. The third-order valence-corrected chi connectivity index (χ3v) is 7.88. The Hall–Kier alpha value is -4.77. The number of likely N-dealkylation sites (N-methyl/N-ethyl adjacent to an activating group) is 1. The Bertz CT molecular complexity index is 1620. The normalized spacial score (nSPS) is 11.8. The zero-order valence-corrected chi connectivity index (χ0v) is 24.2. The standard InChI is InChI=1S/C32H31F2N3O5S/c1-2-35-32(39)30(20-23-6-4-3-5-7-23)37(21-24-8-10-25(33)11-9-24)31(38)22-42-28-16-18-29(19-17-28)43(40,41)36-27-14-12-26(34)13-15-27/h3-19,30,36H,2,20-22H2,1H3,(H,35,39)/t30-/m0/s1. The molecule has 0 spiro atoms. The van der Waals surface area contributed by atoms with Crippen LogP contribution in [0, 0.1) is 11.6 Å². The van der Waals surface area contributed by atoms with Gasteiger partial charge in [0.1, 0.15) is 23.4 Å². The molecule has 1 atom stereocenters. The topological polar surface area (TPSA) is 105 Å². The van der Waals surface area contributed by atoms with Gasteiger partial charge in [0.25, 0.3) is 15.9 Å². The summed E-state index contributed by atoms with van der Waals surface area (Å²) in [6, 6.07) is 24.4. The maximum atomic E-state index is 13.6. The third kappa shape index (κ3) is 8.86. The van der Waals surface area contributed by atoms with E-state index in [1.54, 1.807) is 19.1 Å². The van der Waals surface area contributed by atoms with Gasteiger partial charge < -0.3 is 15.0 Å². The van der Waals surface area contributed by atoms with E-state index >= 15 is 0 Å². The number of sulfonamides is 1. The van der Waals surface area contributed by atoms with Crippen molar-refractivity contribution in [3.8, 4) is 5.75 Å². The molecule has 8 nitrogen and oxygen atoms in total. The molecule has 0 aromatic heterocycles. The first-order valence-corrected chi connectivity index (χ1v) is 15.0. The second kappa shape index (κ2) is 14.4. The molecule has 4 aromatic rings. The first-order chi connectivity index (χ1) is 20.6. The van der Waals surface area contributed by atoms with Gasteiger partial charge in [0.05, 0.1) is 4.90 Å². The number of nitrogens with one attached hydrogen (secondary N) is 2. The number of anilines is 1. The number of halogens is 2. The Balaban J connectivity index is 1.51. The lowest BCUT2D eigenvalue weighted by Crippen LogP contribution is -2.51. The van der Waals surface area contributed by atoms with Gasteiger partial charge in [0.15, 0.2) is 6.61 Å². The van der Waals surface area contributed by atoms with Gasteiger partial charge in [-0.25, -0.2) is 17.2 Å². The van der Waals surface area contributed by atoms with Gasteiger partial charge in [0.2, 0.25) is 5.91 Å². The minimum Gasteiger partial charge on any atom is -0.484 e. The predicted octanol–water partition coefficient (Wildman–Crippen LogP) is 4.92. The molecule has 0 saturated heterocycles.